The van der Waals surface area contributed by atoms with E-state index in [9.17, 15) is 0 Å². The summed E-state index contributed by atoms with van der Waals surface area (Å²) in [4.78, 5) is 6.20. The van der Waals surface area contributed by atoms with Crippen LogP contribution in [0.1, 0.15) is 23.2 Å². The summed E-state index contributed by atoms with van der Waals surface area (Å²) in [6, 6.07) is 6.13. The molecular formula is C12H14N4. The number of anilines is 1. The second-order valence-corrected chi connectivity index (χ2v) is 3.72. The standard InChI is InChI=1S/C12H14N4/c1-9-7-10(2)15-12(11(9)8-14)16(3)6-4-5-13/h7H,4,6H2,1-3H3. The molecular weight excluding hydrogens is 200 g/mol. The van der Waals surface area contributed by atoms with Crippen LogP contribution in [-0.2, 0) is 0 Å². The topological polar surface area (TPSA) is 63.7 Å². The van der Waals surface area contributed by atoms with Crippen LogP contribution in [0.25, 0.3) is 0 Å². The van der Waals surface area contributed by atoms with E-state index in [-0.39, 0.29) is 0 Å². The van der Waals surface area contributed by atoms with E-state index in [2.05, 4.69) is 17.1 Å². The summed E-state index contributed by atoms with van der Waals surface area (Å²) in [5.74, 6) is 0.662. The fourth-order valence-electron chi connectivity index (χ4n) is 1.56. The second-order valence-electron chi connectivity index (χ2n) is 3.72. The molecule has 0 fully saturated rings. The highest BCUT2D eigenvalue weighted by Crippen LogP contribution is 2.20. The fraction of sp³-hybridized carbons (Fsp3) is 0.417. The predicted molar refractivity (Wildman–Crippen MR) is 61.9 cm³/mol. The average molecular weight is 214 g/mol. The smallest absolute Gasteiger partial charge is 0.146 e. The number of rotatable bonds is 3. The fourth-order valence-corrected chi connectivity index (χ4v) is 1.56. The minimum Gasteiger partial charge on any atom is -0.358 e. The summed E-state index contributed by atoms with van der Waals surface area (Å²) < 4.78 is 0. The van der Waals surface area contributed by atoms with E-state index in [1.54, 1.807) is 0 Å². The molecule has 0 spiro atoms. The van der Waals surface area contributed by atoms with Crippen LogP contribution in [0.2, 0.25) is 0 Å². The van der Waals surface area contributed by atoms with Crippen molar-refractivity contribution in [2.75, 3.05) is 18.5 Å². The van der Waals surface area contributed by atoms with Crippen molar-refractivity contribution in [1.29, 1.82) is 10.5 Å². The molecule has 0 atom stereocenters. The molecule has 0 N–H and O–H groups in total. The molecule has 0 saturated heterocycles. The second kappa shape index (κ2) is 5.14. The highest BCUT2D eigenvalue weighted by Gasteiger charge is 2.12. The quantitative estimate of drug-likeness (QED) is 0.771. The van der Waals surface area contributed by atoms with Gasteiger partial charge in [0.05, 0.1) is 18.1 Å². The van der Waals surface area contributed by atoms with Crippen molar-refractivity contribution in [1.82, 2.24) is 4.98 Å². The summed E-state index contributed by atoms with van der Waals surface area (Å²) in [5, 5.41) is 17.6. The lowest BCUT2D eigenvalue weighted by atomic mass is 10.1. The number of aryl methyl sites for hydroxylation is 2. The number of nitrogens with zero attached hydrogens (tertiary/aromatic N) is 4. The molecule has 1 rings (SSSR count). The maximum Gasteiger partial charge on any atom is 0.146 e. The monoisotopic (exact) mass is 214 g/mol. The minimum absolute atomic E-state index is 0.427. The average Bonchev–Trinajstić information content (AvgIpc) is 2.24. The molecule has 0 bridgehead atoms. The molecule has 16 heavy (non-hydrogen) atoms. The van der Waals surface area contributed by atoms with E-state index >= 15 is 0 Å². The Labute approximate surface area is 95.8 Å². The van der Waals surface area contributed by atoms with E-state index in [0.717, 1.165) is 11.3 Å². The number of hydrogen-bond acceptors (Lipinski definition) is 4. The van der Waals surface area contributed by atoms with Gasteiger partial charge >= 0.3 is 0 Å². The van der Waals surface area contributed by atoms with Gasteiger partial charge in [-0.3, -0.25) is 0 Å². The normalized spacial score (nSPS) is 9.31. The number of hydrogen-bond donors (Lipinski definition) is 0. The van der Waals surface area contributed by atoms with Gasteiger partial charge in [0, 0.05) is 19.3 Å². The lowest BCUT2D eigenvalue weighted by molar-refractivity contribution is 0.876. The molecule has 0 amide bonds. The largest absolute Gasteiger partial charge is 0.358 e. The van der Waals surface area contributed by atoms with E-state index in [0.29, 0.717) is 24.3 Å². The highest BCUT2D eigenvalue weighted by molar-refractivity contribution is 5.57. The Balaban J connectivity index is 3.12. The number of nitriles is 2. The zero-order valence-electron chi connectivity index (χ0n) is 9.78. The maximum absolute atomic E-state index is 9.08. The van der Waals surface area contributed by atoms with Crippen molar-refractivity contribution >= 4 is 5.82 Å². The van der Waals surface area contributed by atoms with Gasteiger partial charge in [-0.15, -0.1) is 0 Å². The maximum atomic E-state index is 9.08. The summed E-state index contributed by atoms with van der Waals surface area (Å²) in [6.45, 7) is 4.38. The third-order valence-electron chi connectivity index (χ3n) is 2.36. The van der Waals surface area contributed by atoms with E-state index in [1.807, 2.05) is 31.9 Å². The molecule has 1 heterocycles. The first-order valence-electron chi connectivity index (χ1n) is 5.06. The third-order valence-corrected chi connectivity index (χ3v) is 2.36. The van der Waals surface area contributed by atoms with Gasteiger partial charge in [-0.25, -0.2) is 4.98 Å². The predicted octanol–water partition coefficient (Wildman–Crippen LogP) is 1.92. The Bertz CT molecular complexity index is 465. The summed E-state index contributed by atoms with van der Waals surface area (Å²) >= 11 is 0. The molecule has 82 valence electrons. The minimum atomic E-state index is 0.427. The summed E-state index contributed by atoms with van der Waals surface area (Å²) in [6.07, 6.45) is 0.427. The molecule has 1 aromatic rings. The van der Waals surface area contributed by atoms with Gasteiger partial charge in [-0.05, 0) is 25.5 Å². The van der Waals surface area contributed by atoms with Crippen LogP contribution in [0, 0.1) is 36.5 Å². The Kier molecular flexibility index (Phi) is 3.85. The molecule has 0 saturated carbocycles. The molecule has 4 nitrogen and oxygen atoms in total. The Morgan fingerprint density at radius 2 is 2.06 bits per heavy atom. The van der Waals surface area contributed by atoms with Crippen molar-refractivity contribution in [2.24, 2.45) is 0 Å². The van der Waals surface area contributed by atoms with Gasteiger partial charge in [0.2, 0.25) is 0 Å². The molecule has 1 aromatic heterocycles. The van der Waals surface area contributed by atoms with E-state index in [1.165, 1.54) is 0 Å². The van der Waals surface area contributed by atoms with Crippen molar-refractivity contribution < 1.29 is 0 Å². The zero-order valence-corrected chi connectivity index (χ0v) is 9.78. The van der Waals surface area contributed by atoms with Gasteiger partial charge < -0.3 is 4.90 Å². The van der Waals surface area contributed by atoms with Crippen molar-refractivity contribution in [3.05, 3.63) is 22.9 Å². The molecule has 0 aliphatic heterocycles. The molecule has 0 unspecified atom stereocenters. The van der Waals surface area contributed by atoms with Crippen LogP contribution < -0.4 is 4.90 Å². The van der Waals surface area contributed by atoms with Gasteiger partial charge in [0.1, 0.15) is 11.9 Å². The van der Waals surface area contributed by atoms with Crippen molar-refractivity contribution in [3.63, 3.8) is 0 Å². The number of aromatic nitrogens is 1. The highest BCUT2D eigenvalue weighted by atomic mass is 15.2. The van der Waals surface area contributed by atoms with E-state index in [4.69, 9.17) is 10.5 Å². The molecule has 0 radical (unpaired) electrons. The van der Waals surface area contributed by atoms with E-state index < -0.39 is 0 Å². The Morgan fingerprint density at radius 3 is 2.62 bits per heavy atom. The molecule has 4 heteroatoms. The van der Waals surface area contributed by atoms with Crippen LogP contribution in [0.4, 0.5) is 5.82 Å². The number of pyridine rings is 1. The Hall–Kier alpha value is -2.07. The first kappa shape index (κ1) is 12.0. The van der Waals surface area contributed by atoms with Crippen molar-refractivity contribution in [3.8, 4) is 12.1 Å². The summed E-state index contributed by atoms with van der Waals surface area (Å²) in [5.41, 5.74) is 2.40. The summed E-state index contributed by atoms with van der Waals surface area (Å²) in [7, 11) is 1.85. The van der Waals surface area contributed by atoms with Crippen LogP contribution in [-0.4, -0.2) is 18.6 Å². The first-order valence-corrected chi connectivity index (χ1v) is 5.06. The van der Waals surface area contributed by atoms with Crippen LogP contribution in [0.15, 0.2) is 6.07 Å². The van der Waals surface area contributed by atoms with Crippen LogP contribution in [0.3, 0.4) is 0 Å². The van der Waals surface area contributed by atoms with Crippen LogP contribution >= 0.6 is 0 Å². The molecule has 0 aromatic carbocycles. The van der Waals surface area contributed by atoms with Gasteiger partial charge in [0.25, 0.3) is 0 Å². The molecule has 0 aliphatic rings. The first-order chi connectivity index (χ1) is 7.60. The lowest BCUT2D eigenvalue weighted by Gasteiger charge is -2.19. The van der Waals surface area contributed by atoms with Gasteiger partial charge in [0.15, 0.2) is 0 Å². The van der Waals surface area contributed by atoms with Crippen LogP contribution in [0.5, 0.6) is 0 Å². The van der Waals surface area contributed by atoms with Crippen molar-refractivity contribution in [2.45, 2.75) is 20.3 Å². The van der Waals surface area contributed by atoms with Gasteiger partial charge in [-0.2, -0.15) is 10.5 Å². The lowest BCUT2D eigenvalue weighted by Crippen LogP contribution is -2.21. The zero-order chi connectivity index (χ0) is 12.1. The SMILES string of the molecule is Cc1cc(C)c(C#N)c(N(C)CCC#N)n1. The Morgan fingerprint density at radius 1 is 1.38 bits per heavy atom. The molecule has 0 aliphatic carbocycles. The third kappa shape index (κ3) is 2.49. The van der Waals surface area contributed by atoms with Gasteiger partial charge in [-0.1, -0.05) is 0 Å².